The van der Waals surface area contributed by atoms with E-state index >= 15 is 0 Å². The summed E-state index contributed by atoms with van der Waals surface area (Å²) in [6.45, 7) is 1.87. The molecular formula is C20H20N2O3. The monoisotopic (exact) mass is 336 g/mol. The molecule has 1 aromatic heterocycles. The van der Waals surface area contributed by atoms with Crippen molar-refractivity contribution in [3.05, 3.63) is 66.1 Å². The Balaban J connectivity index is 1.64. The molecule has 0 aliphatic carbocycles. The van der Waals surface area contributed by atoms with Gasteiger partial charge in [0.05, 0.1) is 18.5 Å². The predicted molar refractivity (Wildman–Crippen MR) is 96.6 cm³/mol. The molecule has 5 heteroatoms. The number of nitrogens with zero attached hydrogens (tertiary/aromatic N) is 1. The smallest absolute Gasteiger partial charge is 0.226 e. The van der Waals surface area contributed by atoms with Crippen LogP contribution in [0.15, 0.2) is 59.0 Å². The van der Waals surface area contributed by atoms with Gasteiger partial charge in [-0.3, -0.25) is 4.79 Å². The molecule has 0 fully saturated rings. The molecule has 1 N–H and O–H groups in total. The third-order valence-corrected chi connectivity index (χ3v) is 3.88. The van der Waals surface area contributed by atoms with Gasteiger partial charge in [0.25, 0.3) is 0 Å². The molecule has 0 aliphatic heterocycles. The SMILES string of the molecule is COc1ccccc1NC(=O)CCc1nc(-c2ccccc2)oc1C. The summed E-state index contributed by atoms with van der Waals surface area (Å²) in [4.78, 5) is 16.7. The maximum absolute atomic E-state index is 12.2. The fourth-order valence-corrected chi connectivity index (χ4v) is 2.56. The maximum Gasteiger partial charge on any atom is 0.226 e. The number of hydrogen-bond acceptors (Lipinski definition) is 4. The maximum atomic E-state index is 12.2. The molecule has 0 radical (unpaired) electrons. The van der Waals surface area contributed by atoms with Crippen molar-refractivity contribution in [3.8, 4) is 17.2 Å². The topological polar surface area (TPSA) is 64.4 Å². The number of carbonyl (C=O) groups excluding carboxylic acids is 1. The first-order chi connectivity index (χ1) is 12.2. The zero-order valence-electron chi connectivity index (χ0n) is 14.3. The van der Waals surface area contributed by atoms with Gasteiger partial charge in [0.1, 0.15) is 11.5 Å². The number of aryl methyl sites for hydroxylation is 2. The van der Waals surface area contributed by atoms with Crippen molar-refractivity contribution in [3.63, 3.8) is 0 Å². The quantitative estimate of drug-likeness (QED) is 0.731. The molecule has 1 amide bonds. The van der Waals surface area contributed by atoms with Crippen LogP contribution in [0.2, 0.25) is 0 Å². The lowest BCUT2D eigenvalue weighted by Crippen LogP contribution is -2.13. The van der Waals surface area contributed by atoms with Crippen LogP contribution in [-0.2, 0) is 11.2 Å². The summed E-state index contributed by atoms with van der Waals surface area (Å²) in [5.74, 6) is 1.87. The first-order valence-corrected chi connectivity index (χ1v) is 8.12. The van der Waals surface area contributed by atoms with Gasteiger partial charge in [-0.05, 0) is 31.2 Å². The van der Waals surface area contributed by atoms with Gasteiger partial charge in [-0.25, -0.2) is 4.98 Å². The van der Waals surface area contributed by atoms with E-state index in [1.165, 1.54) is 0 Å². The molecule has 3 aromatic rings. The highest BCUT2D eigenvalue weighted by Crippen LogP contribution is 2.24. The minimum Gasteiger partial charge on any atom is -0.495 e. The van der Waals surface area contributed by atoms with Gasteiger partial charge in [-0.1, -0.05) is 30.3 Å². The molecule has 5 nitrogen and oxygen atoms in total. The highest BCUT2D eigenvalue weighted by atomic mass is 16.5. The zero-order chi connectivity index (χ0) is 17.6. The van der Waals surface area contributed by atoms with E-state index in [2.05, 4.69) is 10.3 Å². The Morgan fingerprint density at radius 3 is 2.60 bits per heavy atom. The number of amides is 1. The number of rotatable bonds is 6. The minimum atomic E-state index is -0.0897. The summed E-state index contributed by atoms with van der Waals surface area (Å²) in [5.41, 5.74) is 2.39. The van der Waals surface area contributed by atoms with Gasteiger partial charge in [0, 0.05) is 18.4 Å². The van der Waals surface area contributed by atoms with E-state index in [-0.39, 0.29) is 5.91 Å². The highest BCUT2D eigenvalue weighted by molar-refractivity contribution is 5.92. The Morgan fingerprint density at radius 2 is 1.84 bits per heavy atom. The molecule has 0 atom stereocenters. The number of ether oxygens (including phenoxy) is 1. The first kappa shape index (κ1) is 16.8. The van der Waals surface area contributed by atoms with Crippen LogP contribution in [-0.4, -0.2) is 18.0 Å². The van der Waals surface area contributed by atoms with E-state index in [4.69, 9.17) is 9.15 Å². The average molecular weight is 336 g/mol. The van der Waals surface area contributed by atoms with E-state index in [1.54, 1.807) is 7.11 Å². The summed E-state index contributed by atoms with van der Waals surface area (Å²) in [6, 6.07) is 17.1. The van der Waals surface area contributed by atoms with Crippen LogP contribution in [0, 0.1) is 6.92 Å². The van der Waals surface area contributed by atoms with E-state index < -0.39 is 0 Å². The summed E-state index contributed by atoms with van der Waals surface area (Å²) in [5, 5.41) is 2.87. The third kappa shape index (κ3) is 4.07. The van der Waals surface area contributed by atoms with Crippen molar-refractivity contribution in [1.29, 1.82) is 0 Å². The largest absolute Gasteiger partial charge is 0.495 e. The standard InChI is InChI=1S/C20H20N2O3/c1-14-16(22-20(25-14)15-8-4-3-5-9-15)12-13-19(23)21-17-10-6-7-11-18(17)24-2/h3-11H,12-13H2,1-2H3,(H,21,23). The third-order valence-electron chi connectivity index (χ3n) is 3.88. The van der Waals surface area contributed by atoms with Crippen molar-refractivity contribution in [2.24, 2.45) is 0 Å². The summed E-state index contributed by atoms with van der Waals surface area (Å²) in [7, 11) is 1.58. The molecule has 2 aromatic carbocycles. The number of carbonyl (C=O) groups is 1. The second kappa shape index (κ2) is 7.66. The van der Waals surface area contributed by atoms with Crippen LogP contribution in [0.5, 0.6) is 5.75 Å². The molecule has 0 unspecified atom stereocenters. The fourth-order valence-electron chi connectivity index (χ4n) is 2.56. The molecule has 0 aliphatic rings. The Morgan fingerprint density at radius 1 is 1.12 bits per heavy atom. The van der Waals surface area contributed by atoms with Crippen molar-refractivity contribution < 1.29 is 13.9 Å². The van der Waals surface area contributed by atoms with Crippen LogP contribution in [0.25, 0.3) is 11.5 Å². The fraction of sp³-hybridized carbons (Fsp3) is 0.200. The average Bonchev–Trinajstić information content (AvgIpc) is 3.02. The highest BCUT2D eigenvalue weighted by Gasteiger charge is 2.13. The molecule has 0 spiro atoms. The Kier molecular flexibility index (Phi) is 5.14. The number of hydrogen-bond donors (Lipinski definition) is 1. The molecule has 0 saturated heterocycles. The van der Waals surface area contributed by atoms with Crippen LogP contribution in [0.3, 0.4) is 0 Å². The Labute approximate surface area is 146 Å². The number of aromatic nitrogens is 1. The Bertz CT molecular complexity index is 856. The molecule has 25 heavy (non-hydrogen) atoms. The van der Waals surface area contributed by atoms with E-state index in [9.17, 15) is 4.79 Å². The normalized spacial score (nSPS) is 10.5. The van der Waals surface area contributed by atoms with Gasteiger partial charge >= 0.3 is 0 Å². The van der Waals surface area contributed by atoms with Crippen molar-refractivity contribution in [2.45, 2.75) is 19.8 Å². The lowest BCUT2D eigenvalue weighted by Gasteiger charge is -2.09. The number of methoxy groups -OCH3 is 1. The van der Waals surface area contributed by atoms with Crippen LogP contribution in [0.1, 0.15) is 17.9 Å². The zero-order valence-corrected chi connectivity index (χ0v) is 14.3. The van der Waals surface area contributed by atoms with E-state index in [0.29, 0.717) is 30.2 Å². The molecule has 0 bridgehead atoms. The molecule has 128 valence electrons. The molecular weight excluding hydrogens is 316 g/mol. The van der Waals surface area contributed by atoms with Gasteiger partial charge in [-0.15, -0.1) is 0 Å². The van der Waals surface area contributed by atoms with E-state index in [1.807, 2.05) is 61.5 Å². The van der Waals surface area contributed by atoms with Crippen LogP contribution < -0.4 is 10.1 Å². The number of nitrogens with one attached hydrogen (secondary N) is 1. The van der Waals surface area contributed by atoms with Crippen molar-refractivity contribution in [1.82, 2.24) is 4.98 Å². The first-order valence-electron chi connectivity index (χ1n) is 8.12. The van der Waals surface area contributed by atoms with Crippen LogP contribution in [0.4, 0.5) is 5.69 Å². The summed E-state index contributed by atoms with van der Waals surface area (Å²) >= 11 is 0. The molecule has 3 rings (SSSR count). The van der Waals surface area contributed by atoms with Crippen LogP contribution >= 0.6 is 0 Å². The summed E-state index contributed by atoms with van der Waals surface area (Å²) < 4.78 is 11.0. The van der Waals surface area contributed by atoms with Gasteiger partial charge in [-0.2, -0.15) is 0 Å². The minimum absolute atomic E-state index is 0.0897. The number of oxazole rings is 1. The van der Waals surface area contributed by atoms with Gasteiger partial charge < -0.3 is 14.5 Å². The van der Waals surface area contributed by atoms with Crippen molar-refractivity contribution in [2.75, 3.05) is 12.4 Å². The Hall–Kier alpha value is -3.08. The number of benzene rings is 2. The second-order valence-corrected chi connectivity index (χ2v) is 5.64. The lowest BCUT2D eigenvalue weighted by atomic mass is 10.2. The lowest BCUT2D eigenvalue weighted by molar-refractivity contribution is -0.116. The molecule has 1 heterocycles. The summed E-state index contributed by atoms with van der Waals surface area (Å²) in [6.07, 6.45) is 0.836. The number of para-hydroxylation sites is 2. The van der Waals surface area contributed by atoms with Gasteiger partial charge in [0.2, 0.25) is 11.8 Å². The van der Waals surface area contributed by atoms with E-state index in [0.717, 1.165) is 17.0 Å². The van der Waals surface area contributed by atoms with Crippen molar-refractivity contribution >= 4 is 11.6 Å². The number of anilines is 1. The second-order valence-electron chi connectivity index (χ2n) is 5.64. The molecule has 0 saturated carbocycles. The predicted octanol–water partition coefficient (Wildman–Crippen LogP) is 4.23. The van der Waals surface area contributed by atoms with Gasteiger partial charge in [0.15, 0.2) is 0 Å².